The summed E-state index contributed by atoms with van der Waals surface area (Å²) in [5.74, 6) is -0.112. The molecular formula is C15H22N4O3. The fourth-order valence-corrected chi connectivity index (χ4v) is 2.94. The lowest BCUT2D eigenvalue weighted by Gasteiger charge is -2.34. The molecule has 0 bridgehead atoms. The lowest BCUT2D eigenvalue weighted by atomic mass is 9.99. The third kappa shape index (κ3) is 2.55. The first-order chi connectivity index (χ1) is 10.3. The molecule has 22 heavy (non-hydrogen) atoms. The molecule has 0 radical (unpaired) electrons. The van der Waals surface area contributed by atoms with Gasteiger partial charge in [-0.1, -0.05) is 0 Å². The molecule has 1 aromatic heterocycles. The van der Waals surface area contributed by atoms with E-state index in [1.807, 2.05) is 27.7 Å². The monoisotopic (exact) mass is 306 g/mol. The van der Waals surface area contributed by atoms with Crippen LogP contribution in [0.25, 0.3) is 0 Å². The number of rotatable bonds is 0. The summed E-state index contributed by atoms with van der Waals surface area (Å²) in [5.41, 5.74) is 1.81. The molecule has 2 aliphatic rings. The number of hydrogen-bond acceptors (Lipinski definition) is 4. The molecule has 1 N–H and O–H groups in total. The summed E-state index contributed by atoms with van der Waals surface area (Å²) < 4.78 is 7.23. The first-order valence-corrected chi connectivity index (χ1v) is 7.62. The standard InChI is InChI=1S/C15H22N4O3/c1-9-7-11-10(8-18(9)14(21)22-15(2,3)4)12-13(20)16-5-6-19(12)17-11/h9H,5-8H2,1-4H3,(H,16,20). The van der Waals surface area contributed by atoms with Gasteiger partial charge in [0.2, 0.25) is 0 Å². The van der Waals surface area contributed by atoms with Gasteiger partial charge in [0, 0.05) is 24.6 Å². The molecule has 0 fully saturated rings. The van der Waals surface area contributed by atoms with E-state index in [4.69, 9.17) is 4.74 Å². The SMILES string of the molecule is CC1Cc2nn3c(c2CN1C(=O)OC(C)(C)C)C(=O)NCC3. The number of nitrogens with one attached hydrogen (secondary N) is 1. The average molecular weight is 306 g/mol. The molecule has 2 amide bonds. The Kier molecular flexibility index (Phi) is 3.38. The topological polar surface area (TPSA) is 76.5 Å². The summed E-state index contributed by atoms with van der Waals surface area (Å²) in [5, 5.41) is 7.37. The van der Waals surface area contributed by atoms with E-state index >= 15 is 0 Å². The van der Waals surface area contributed by atoms with E-state index < -0.39 is 5.60 Å². The maximum atomic E-state index is 12.4. The molecule has 7 nitrogen and oxygen atoms in total. The van der Waals surface area contributed by atoms with Crippen LogP contribution in [-0.4, -0.2) is 44.9 Å². The van der Waals surface area contributed by atoms with Gasteiger partial charge < -0.3 is 15.0 Å². The van der Waals surface area contributed by atoms with Gasteiger partial charge in [-0.05, 0) is 27.7 Å². The highest BCUT2D eigenvalue weighted by Gasteiger charge is 2.36. The van der Waals surface area contributed by atoms with Crippen LogP contribution in [0.15, 0.2) is 0 Å². The van der Waals surface area contributed by atoms with Gasteiger partial charge in [0.05, 0.1) is 18.8 Å². The van der Waals surface area contributed by atoms with E-state index in [-0.39, 0.29) is 18.0 Å². The van der Waals surface area contributed by atoms with Gasteiger partial charge in [0.1, 0.15) is 11.3 Å². The number of ether oxygens (including phenoxy) is 1. The van der Waals surface area contributed by atoms with Crippen molar-refractivity contribution in [2.75, 3.05) is 6.54 Å². The highest BCUT2D eigenvalue weighted by Crippen LogP contribution is 2.28. The van der Waals surface area contributed by atoms with E-state index in [2.05, 4.69) is 10.4 Å². The van der Waals surface area contributed by atoms with Gasteiger partial charge in [-0.2, -0.15) is 5.10 Å². The van der Waals surface area contributed by atoms with Gasteiger partial charge in [-0.25, -0.2) is 4.79 Å². The second-order valence-electron chi connectivity index (χ2n) is 6.91. The number of carbonyl (C=O) groups is 2. The summed E-state index contributed by atoms with van der Waals surface area (Å²) in [4.78, 5) is 26.2. The van der Waals surface area contributed by atoms with Crippen LogP contribution < -0.4 is 5.32 Å². The fourth-order valence-electron chi connectivity index (χ4n) is 2.94. The number of fused-ring (bicyclic) bond motifs is 3. The van der Waals surface area contributed by atoms with Crippen LogP contribution in [0, 0.1) is 0 Å². The molecule has 1 unspecified atom stereocenters. The summed E-state index contributed by atoms with van der Waals surface area (Å²) in [6.07, 6.45) is 0.295. The van der Waals surface area contributed by atoms with Crippen molar-refractivity contribution in [3.8, 4) is 0 Å². The number of aromatic nitrogens is 2. The van der Waals surface area contributed by atoms with Crippen LogP contribution >= 0.6 is 0 Å². The molecule has 0 aliphatic carbocycles. The minimum atomic E-state index is -0.535. The Balaban J connectivity index is 1.90. The molecule has 0 spiro atoms. The predicted octanol–water partition coefficient (Wildman–Crippen LogP) is 1.31. The van der Waals surface area contributed by atoms with Gasteiger partial charge in [-0.3, -0.25) is 9.48 Å². The minimum absolute atomic E-state index is 0.00219. The Morgan fingerprint density at radius 2 is 2.14 bits per heavy atom. The van der Waals surface area contributed by atoms with Crippen LogP contribution in [0.5, 0.6) is 0 Å². The van der Waals surface area contributed by atoms with Crippen molar-refractivity contribution < 1.29 is 14.3 Å². The molecule has 120 valence electrons. The first-order valence-electron chi connectivity index (χ1n) is 7.62. The second-order valence-corrected chi connectivity index (χ2v) is 6.91. The lowest BCUT2D eigenvalue weighted by molar-refractivity contribution is 0.0136. The van der Waals surface area contributed by atoms with Crippen molar-refractivity contribution in [1.29, 1.82) is 0 Å². The van der Waals surface area contributed by atoms with E-state index in [1.54, 1.807) is 9.58 Å². The first kappa shape index (κ1) is 14.9. The smallest absolute Gasteiger partial charge is 0.410 e. The molecule has 0 saturated heterocycles. The summed E-state index contributed by atoms with van der Waals surface area (Å²) in [7, 11) is 0. The van der Waals surface area contributed by atoms with Crippen molar-refractivity contribution in [1.82, 2.24) is 20.0 Å². The van der Waals surface area contributed by atoms with Crippen molar-refractivity contribution >= 4 is 12.0 Å². The Hall–Kier alpha value is -2.05. The molecule has 1 aromatic rings. The van der Waals surface area contributed by atoms with Gasteiger partial charge in [-0.15, -0.1) is 0 Å². The Morgan fingerprint density at radius 1 is 1.41 bits per heavy atom. The third-order valence-electron chi connectivity index (χ3n) is 3.94. The average Bonchev–Trinajstić information content (AvgIpc) is 2.73. The van der Waals surface area contributed by atoms with Crippen LogP contribution in [0.1, 0.15) is 49.4 Å². The van der Waals surface area contributed by atoms with Gasteiger partial charge in [0.25, 0.3) is 5.91 Å². The summed E-state index contributed by atoms with van der Waals surface area (Å²) >= 11 is 0. The minimum Gasteiger partial charge on any atom is -0.444 e. The predicted molar refractivity (Wildman–Crippen MR) is 79.5 cm³/mol. The van der Waals surface area contributed by atoms with Crippen molar-refractivity contribution in [2.24, 2.45) is 0 Å². The molecule has 7 heteroatoms. The van der Waals surface area contributed by atoms with Crippen LogP contribution in [0.3, 0.4) is 0 Å². The highest BCUT2D eigenvalue weighted by molar-refractivity contribution is 5.95. The van der Waals surface area contributed by atoms with Gasteiger partial charge in [0.15, 0.2) is 0 Å². The quantitative estimate of drug-likeness (QED) is 0.784. The fraction of sp³-hybridized carbons (Fsp3) is 0.667. The van der Waals surface area contributed by atoms with Crippen LogP contribution in [0.4, 0.5) is 4.79 Å². The maximum absolute atomic E-state index is 12.4. The lowest BCUT2D eigenvalue weighted by Crippen LogP contribution is -2.45. The number of hydrogen-bond donors (Lipinski definition) is 1. The van der Waals surface area contributed by atoms with E-state index in [0.717, 1.165) is 11.3 Å². The molecule has 0 aromatic carbocycles. The van der Waals surface area contributed by atoms with Crippen molar-refractivity contribution in [3.63, 3.8) is 0 Å². The highest BCUT2D eigenvalue weighted by atomic mass is 16.6. The third-order valence-corrected chi connectivity index (χ3v) is 3.94. The number of carbonyl (C=O) groups excluding carboxylic acids is 2. The summed E-state index contributed by atoms with van der Waals surface area (Å²) in [6, 6.07) is 0.00219. The zero-order valence-corrected chi connectivity index (χ0v) is 13.5. The number of nitrogens with zero attached hydrogens (tertiary/aromatic N) is 3. The van der Waals surface area contributed by atoms with Crippen LogP contribution in [-0.2, 0) is 24.2 Å². The Bertz CT molecular complexity index is 629. The zero-order valence-electron chi connectivity index (χ0n) is 13.5. The Morgan fingerprint density at radius 3 is 2.82 bits per heavy atom. The molecule has 3 rings (SSSR count). The molecule has 1 atom stereocenters. The molecule has 3 heterocycles. The van der Waals surface area contributed by atoms with Crippen molar-refractivity contribution in [2.45, 2.75) is 58.8 Å². The van der Waals surface area contributed by atoms with Gasteiger partial charge >= 0.3 is 6.09 Å². The van der Waals surface area contributed by atoms with E-state index in [0.29, 0.717) is 31.7 Å². The van der Waals surface area contributed by atoms with Crippen molar-refractivity contribution in [3.05, 3.63) is 17.0 Å². The van der Waals surface area contributed by atoms with E-state index in [1.165, 1.54) is 0 Å². The second kappa shape index (κ2) is 5.00. The Labute approximate surface area is 129 Å². The van der Waals surface area contributed by atoms with Crippen LogP contribution in [0.2, 0.25) is 0 Å². The maximum Gasteiger partial charge on any atom is 0.410 e. The molecule has 0 saturated carbocycles. The van der Waals surface area contributed by atoms with E-state index in [9.17, 15) is 9.59 Å². The zero-order chi connectivity index (χ0) is 16.1. The summed E-state index contributed by atoms with van der Waals surface area (Å²) in [6.45, 7) is 9.16. The number of amides is 2. The molecule has 2 aliphatic heterocycles. The largest absolute Gasteiger partial charge is 0.444 e. The molecular weight excluding hydrogens is 284 g/mol. The normalized spacial score (nSPS) is 21.0.